The molecule has 0 spiro atoms. The Bertz CT molecular complexity index is 594. The first-order valence-corrected chi connectivity index (χ1v) is 9.19. The van der Waals surface area contributed by atoms with Crippen molar-refractivity contribution in [3.63, 3.8) is 0 Å². The molecule has 0 aliphatic heterocycles. The summed E-state index contributed by atoms with van der Waals surface area (Å²) in [4.78, 5) is -0.496. The van der Waals surface area contributed by atoms with Gasteiger partial charge in [-0.2, -0.15) is 16.1 Å². The molecule has 1 atom stereocenters. The third-order valence-electron chi connectivity index (χ3n) is 3.19. The normalized spacial score (nSPS) is 13.7. The molecule has 0 heterocycles. The Kier molecular flexibility index (Phi) is 6.58. The highest BCUT2D eigenvalue weighted by Crippen LogP contribution is 2.25. The second-order valence-corrected chi connectivity index (χ2v) is 7.57. The van der Waals surface area contributed by atoms with Crippen LogP contribution in [0.4, 0.5) is 8.78 Å². The SMILES string of the molecule is CNCc1c(F)ccc(S(=O)(=O)N(C)C(C)CSC)c1F. The molecule has 0 aromatic heterocycles. The minimum atomic E-state index is -4.00. The van der Waals surface area contributed by atoms with Gasteiger partial charge < -0.3 is 5.32 Å². The molecule has 21 heavy (non-hydrogen) atoms. The molecule has 0 fully saturated rings. The van der Waals surface area contributed by atoms with Gasteiger partial charge in [0.15, 0.2) is 5.82 Å². The largest absolute Gasteiger partial charge is 0.315 e. The Labute approximate surface area is 129 Å². The van der Waals surface area contributed by atoms with Crippen LogP contribution in [0.5, 0.6) is 0 Å². The molecule has 1 N–H and O–H groups in total. The Morgan fingerprint density at radius 2 is 2.00 bits per heavy atom. The number of halogens is 2. The zero-order valence-corrected chi connectivity index (χ0v) is 14.1. The molecule has 0 aliphatic carbocycles. The maximum atomic E-state index is 14.3. The minimum absolute atomic E-state index is 0.0783. The second kappa shape index (κ2) is 7.53. The van der Waals surface area contributed by atoms with E-state index in [1.165, 1.54) is 25.9 Å². The molecule has 0 radical (unpaired) electrons. The maximum Gasteiger partial charge on any atom is 0.246 e. The molecule has 0 amide bonds. The molecule has 1 rings (SSSR count). The molecule has 0 saturated carbocycles. The van der Waals surface area contributed by atoms with Crippen LogP contribution in [0.3, 0.4) is 0 Å². The molecule has 120 valence electrons. The van der Waals surface area contributed by atoms with Crippen LogP contribution < -0.4 is 5.32 Å². The summed E-state index contributed by atoms with van der Waals surface area (Å²) >= 11 is 1.50. The summed E-state index contributed by atoms with van der Waals surface area (Å²) in [6.45, 7) is 1.66. The predicted octanol–water partition coefficient (Wildman–Crippen LogP) is 2.06. The van der Waals surface area contributed by atoms with E-state index >= 15 is 0 Å². The van der Waals surface area contributed by atoms with Crippen LogP contribution in [0.25, 0.3) is 0 Å². The molecule has 1 unspecified atom stereocenters. The third kappa shape index (κ3) is 3.94. The van der Waals surface area contributed by atoms with Crippen LogP contribution in [0.2, 0.25) is 0 Å². The molecule has 1 aromatic carbocycles. The van der Waals surface area contributed by atoms with E-state index in [1.807, 2.05) is 6.26 Å². The minimum Gasteiger partial charge on any atom is -0.315 e. The van der Waals surface area contributed by atoms with Crippen molar-refractivity contribution in [2.24, 2.45) is 0 Å². The maximum absolute atomic E-state index is 14.3. The van der Waals surface area contributed by atoms with Crippen molar-refractivity contribution >= 4 is 21.8 Å². The standard InChI is InChI=1S/C13H20F2N2O2S2/c1-9(8-20-4)17(3)21(18,19)12-6-5-11(14)10(7-16-2)13(12)15/h5-6,9,16H,7-8H2,1-4H3. The zero-order valence-electron chi connectivity index (χ0n) is 12.5. The fourth-order valence-corrected chi connectivity index (χ4v) is 4.10. The summed E-state index contributed by atoms with van der Waals surface area (Å²) in [6.07, 6.45) is 1.86. The fraction of sp³-hybridized carbons (Fsp3) is 0.538. The summed E-state index contributed by atoms with van der Waals surface area (Å²) in [7, 11) is -1.06. The number of nitrogens with zero attached hydrogens (tertiary/aromatic N) is 1. The lowest BCUT2D eigenvalue weighted by atomic mass is 10.2. The number of sulfonamides is 1. The fourth-order valence-electron chi connectivity index (χ4n) is 1.85. The molecule has 4 nitrogen and oxygen atoms in total. The van der Waals surface area contributed by atoms with Gasteiger partial charge in [0.1, 0.15) is 10.7 Å². The van der Waals surface area contributed by atoms with Gasteiger partial charge in [0.05, 0.1) is 0 Å². The lowest BCUT2D eigenvalue weighted by Crippen LogP contribution is -2.37. The van der Waals surface area contributed by atoms with Gasteiger partial charge in [0.25, 0.3) is 0 Å². The highest BCUT2D eigenvalue weighted by Gasteiger charge is 2.29. The molecule has 0 aliphatic rings. The Morgan fingerprint density at radius 3 is 2.52 bits per heavy atom. The van der Waals surface area contributed by atoms with E-state index in [9.17, 15) is 17.2 Å². The Balaban J connectivity index is 3.29. The van der Waals surface area contributed by atoms with Crippen molar-refractivity contribution in [3.05, 3.63) is 29.3 Å². The van der Waals surface area contributed by atoms with Gasteiger partial charge in [0.2, 0.25) is 10.0 Å². The number of hydrogen-bond donors (Lipinski definition) is 1. The van der Waals surface area contributed by atoms with E-state index in [2.05, 4.69) is 5.32 Å². The highest BCUT2D eigenvalue weighted by molar-refractivity contribution is 7.98. The van der Waals surface area contributed by atoms with E-state index in [-0.39, 0.29) is 18.2 Å². The zero-order chi connectivity index (χ0) is 16.2. The summed E-state index contributed by atoms with van der Waals surface area (Å²) in [5.74, 6) is -1.21. The van der Waals surface area contributed by atoms with Crippen molar-refractivity contribution in [2.75, 3.05) is 26.1 Å². The van der Waals surface area contributed by atoms with Gasteiger partial charge in [-0.25, -0.2) is 17.2 Å². The van der Waals surface area contributed by atoms with E-state index in [0.29, 0.717) is 5.75 Å². The monoisotopic (exact) mass is 338 g/mol. The second-order valence-electron chi connectivity index (χ2n) is 4.69. The van der Waals surface area contributed by atoms with Gasteiger partial charge in [-0.3, -0.25) is 0 Å². The van der Waals surface area contributed by atoms with Crippen LogP contribution in [0.1, 0.15) is 12.5 Å². The Morgan fingerprint density at radius 1 is 1.38 bits per heavy atom. The topological polar surface area (TPSA) is 49.4 Å². The number of benzene rings is 1. The van der Waals surface area contributed by atoms with E-state index in [1.54, 1.807) is 6.92 Å². The van der Waals surface area contributed by atoms with E-state index in [4.69, 9.17) is 0 Å². The van der Waals surface area contributed by atoms with Gasteiger partial charge in [-0.05, 0) is 32.4 Å². The predicted molar refractivity (Wildman–Crippen MR) is 81.9 cm³/mol. The van der Waals surface area contributed by atoms with E-state index < -0.39 is 26.6 Å². The average molecular weight is 338 g/mol. The van der Waals surface area contributed by atoms with Gasteiger partial charge >= 0.3 is 0 Å². The number of rotatable bonds is 7. The van der Waals surface area contributed by atoms with Crippen molar-refractivity contribution in [1.29, 1.82) is 0 Å². The van der Waals surface area contributed by atoms with Crippen molar-refractivity contribution in [3.8, 4) is 0 Å². The number of hydrogen-bond acceptors (Lipinski definition) is 4. The van der Waals surface area contributed by atoms with Gasteiger partial charge in [-0.15, -0.1) is 0 Å². The van der Waals surface area contributed by atoms with Crippen molar-refractivity contribution < 1.29 is 17.2 Å². The van der Waals surface area contributed by atoms with Gasteiger partial charge in [-0.1, -0.05) is 0 Å². The summed E-state index contributed by atoms with van der Waals surface area (Å²) in [6, 6.07) is 1.67. The van der Waals surface area contributed by atoms with E-state index in [0.717, 1.165) is 16.4 Å². The Hall–Kier alpha value is -0.700. The van der Waals surface area contributed by atoms with Crippen molar-refractivity contribution in [1.82, 2.24) is 9.62 Å². The van der Waals surface area contributed by atoms with Crippen LogP contribution in [0, 0.1) is 11.6 Å². The van der Waals surface area contributed by atoms with Crippen LogP contribution in [-0.4, -0.2) is 44.9 Å². The summed E-state index contributed by atoms with van der Waals surface area (Å²) in [5.41, 5.74) is -0.274. The summed E-state index contributed by atoms with van der Waals surface area (Å²) < 4.78 is 54.0. The molecular formula is C13H20F2N2O2S2. The highest BCUT2D eigenvalue weighted by atomic mass is 32.2. The number of nitrogens with one attached hydrogen (secondary N) is 1. The van der Waals surface area contributed by atoms with Crippen molar-refractivity contribution in [2.45, 2.75) is 24.4 Å². The molecule has 1 aromatic rings. The van der Waals surface area contributed by atoms with Gasteiger partial charge in [0, 0.05) is 31.0 Å². The third-order valence-corrected chi connectivity index (χ3v) is 5.99. The molecular weight excluding hydrogens is 318 g/mol. The smallest absolute Gasteiger partial charge is 0.246 e. The molecule has 0 saturated heterocycles. The lowest BCUT2D eigenvalue weighted by molar-refractivity contribution is 0.410. The lowest BCUT2D eigenvalue weighted by Gasteiger charge is -2.24. The average Bonchev–Trinajstić information content (AvgIpc) is 2.42. The first-order chi connectivity index (χ1) is 9.77. The first kappa shape index (κ1) is 18.3. The quantitative estimate of drug-likeness (QED) is 0.827. The van der Waals surface area contributed by atoms with Crippen LogP contribution in [-0.2, 0) is 16.6 Å². The van der Waals surface area contributed by atoms with Crippen LogP contribution in [0.15, 0.2) is 17.0 Å². The summed E-state index contributed by atoms with van der Waals surface area (Å²) in [5, 5.41) is 2.62. The first-order valence-electron chi connectivity index (χ1n) is 6.35. The molecule has 8 heteroatoms. The number of thioether (sulfide) groups is 1. The molecule has 0 bridgehead atoms. The van der Waals surface area contributed by atoms with Crippen LogP contribution >= 0.6 is 11.8 Å².